The third-order valence-electron chi connectivity index (χ3n) is 3.62. The van der Waals surface area contributed by atoms with Gasteiger partial charge in [-0.25, -0.2) is 9.97 Å². The summed E-state index contributed by atoms with van der Waals surface area (Å²) in [5.74, 6) is 0.644. The number of amides is 1. The van der Waals surface area contributed by atoms with Crippen molar-refractivity contribution >= 4 is 17.5 Å². The molecule has 0 aliphatic rings. The molecule has 0 bridgehead atoms. The normalized spacial score (nSPS) is 10.2. The van der Waals surface area contributed by atoms with E-state index >= 15 is 0 Å². The minimum atomic E-state index is -0.329. The third kappa shape index (κ3) is 4.32. The van der Waals surface area contributed by atoms with E-state index in [4.69, 9.17) is 4.74 Å². The predicted octanol–water partition coefficient (Wildman–Crippen LogP) is 3.05. The van der Waals surface area contributed by atoms with Gasteiger partial charge in [0.25, 0.3) is 5.91 Å². The monoisotopic (exact) mass is 349 g/mol. The second kappa shape index (κ2) is 8.06. The molecule has 7 heteroatoms. The molecule has 0 fully saturated rings. The summed E-state index contributed by atoms with van der Waals surface area (Å²) in [6.07, 6.45) is 3.48. The zero-order chi connectivity index (χ0) is 18.4. The van der Waals surface area contributed by atoms with Gasteiger partial charge < -0.3 is 15.4 Å². The molecule has 132 valence electrons. The number of pyridine rings is 1. The molecule has 0 radical (unpaired) electrons. The Morgan fingerprint density at radius 1 is 1.15 bits per heavy atom. The second-order valence-electron chi connectivity index (χ2n) is 5.59. The molecule has 0 atom stereocenters. The maximum atomic E-state index is 12.6. The molecule has 1 amide bonds. The minimum Gasteiger partial charge on any atom is -0.495 e. The SMILES string of the molecule is COc1ccccc1NC(=O)c1cc(C)nc(NCc2cccnc2)n1. The fourth-order valence-corrected chi connectivity index (χ4v) is 2.38. The van der Waals surface area contributed by atoms with Crippen LogP contribution in [0.5, 0.6) is 5.75 Å². The quantitative estimate of drug-likeness (QED) is 0.711. The van der Waals surface area contributed by atoms with E-state index < -0.39 is 0 Å². The Balaban J connectivity index is 1.75. The van der Waals surface area contributed by atoms with Crippen LogP contribution >= 0.6 is 0 Å². The second-order valence-corrected chi connectivity index (χ2v) is 5.59. The molecular weight excluding hydrogens is 330 g/mol. The molecule has 3 aromatic rings. The Morgan fingerprint density at radius 3 is 2.77 bits per heavy atom. The number of benzene rings is 1. The molecule has 0 saturated carbocycles. The number of ether oxygens (including phenoxy) is 1. The van der Waals surface area contributed by atoms with E-state index in [-0.39, 0.29) is 11.6 Å². The standard InChI is InChI=1S/C19H19N5O2/c1-13-10-16(18(25)23-15-7-3-4-8-17(15)26-2)24-19(22-13)21-12-14-6-5-9-20-11-14/h3-11H,12H2,1-2H3,(H,23,25)(H,21,22,24). The Kier molecular flexibility index (Phi) is 5.38. The summed E-state index contributed by atoms with van der Waals surface area (Å²) in [6.45, 7) is 2.33. The van der Waals surface area contributed by atoms with Gasteiger partial charge in [0.2, 0.25) is 5.95 Å². The molecule has 0 spiro atoms. The number of para-hydroxylation sites is 2. The molecule has 0 unspecified atom stereocenters. The number of carbonyl (C=O) groups is 1. The van der Waals surface area contributed by atoms with Gasteiger partial charge in [0.1, 0.15) is 11.4 Å². The smallest absolute Gasteiger partial charge is 0.274 e. The summed E-state index contributed by atoms with van der Waals surface area (Å²) >= 11 is 0. The lowest BCUT2D eigenvalue weighted by Gasteiger charge is -2.11. The highest BCUT2D eigenvalue weighted by Gasteiger charge is 2.13. The Morgan fingerprint density at radius 2 is 2.00 bits per heavy atom. The van der Waals surface area contributed by atoms with E-state index in [2.05, 4.69) is 25.6 Å². The Labute approximate surface area is 151 Å². The van der Waals surface area contributed by atoms with Crippen molar-refractivity contribution in [3.8, 4) is 5.75 Å². The van der Waals surface area contributed by atoms with Crippen LogP contribution in [0.1, 0.15) is 21.7 Å². The highest BCUT2D eigenvalue weighted by atomic mass is 16.5. The van der Waals surface area contributed by atoms with Crippen molar-refractivity contribution in [1.29, 1.82) is 0 Å². The van der Waals surface area contributed by atoms with Crippen LogP contribution in [-0.4, -0.2) is 28.0 Å². The third-order valence-corrected chi connectivity index (χ3v) is 3.62. The van der Waals surface area contributed by atoms with Crippen molar-refractivity contribution in [1.82, 2.24) is 15.0 Å². The average molecular weight is 349 g/mol. The fourth-order valence-electron chi connectivity index (χ4n) is 2.38. The molecule has 7 nitrogen and oxygen atoms in total. The average Bonchev–Trinajstić information content (AvgIpc) is 2.67. The maximum Gasteiger partial charge on any atom is 0.274 e. The highest BCUT2D eigenvalue weighted by Crippen LogP contribution is 2.23. The first-order valence-electron chi connectivity index (χ1n) is 8.08. The number of hydrogen-bond donors (Lipinski definition) is 2. The summed E-state index contributed by atoms with van der Waals surface area (Å²) < 4.78 is 5.25. The predicted molar refractivity (Wildman–Crippen MR) is 99.3 cm³/mol. The molecule has 2 N–H and O–H groups in total. The first-order chi connectivity index (χ1) is 12.7. The first-order valence-corrected chi connectivity index (χ1v) is 8.08. The summed E-state index contributed by atoms with van der Waals surface area (Å²) in [4.78, 5) is 25.3. The largest absolute Gasteiger partial charge is 0.495 e. The van der Waals surface area contributed by atoms with Crippen LogP contribution in [0.4, 0.5) is 11.6 Å². The maximum absolute atomic E-state index is 12.6. The van der Waals surface area contributed by atoms with Gasteiger partial charge in [-0.15, -0.1) is 0 Å². The van der Waals surface area contributed by atoms with E-state index in [1.807, 2.05) is 31.2 Å². The molecule has 0 aliphatic heterocycles. The van der Waals surface area contributed by atoms with E-state index in [1.54, 1.807) is 37.7 Å². The number of methoxy groups -OCH3 is 1. The zero-order valence-corrected chi connectivity index (χ0v) is 14.6. The number of nitrogens with one attached hydrogen (secondary N) is 2. The van der Waals surface area contributed by atoms with Crippen molar-refractivity contribution in [3.05, 3.63) is 71.8 Å². The van der Waals surface area contributed by atoms with Crippen LogP contribution in [0.15, 0.2) is 54.9 Å². The van der Waals surface area contributed by atoms with Crippen molar-refractivity contribution in [2.45, 2.75) is 13.5 Å². The lowest BCUT2D eigenvalue weighted by Crippen LogP contribution is -2.16. The lowest BCUT2D eigenvalue weighted by atomic mass is 10.2. The van der Waals surface area contributed by atoms with Crippen molar-refractivity contribution < 1.29 is 9.53 Å². The Hall–Kier alpha value is -3.48. The number of aromatic nitrogens is 3. The number of rotatable bonds is 6. The van der Waals surface area contributed by atoms with Gasteiger partial charge in [-0.2, -0.15) is 0 Å². The number of hydrogen-bond acceptors (Lipinski definition) is 6. The highest BCUT2D eigenvalue weighted by molar-refractivity contribution is 6.03. The molecule has 1 aromatic carbocycles. The van der Waals surface area contributed by atoms with Gasteiger partial charge >= 0.3 is 0 Å². The molecule has 3 rings (SSSR count). The lowest BCUT2D eigenvalue weighted by molar-refractivity contribution is 0.102. The number of nitrogens with zero attached hydrogens (tertiary/aromatic N) is 3. The summed E-state index contributed by atoms with van der Waals surface area (Å²) in [7, 11) is 1.56. The molecule has 2 heterocycles. The van der Waals surface area contributed by atoms with Crippen LogP contribution < -0.4 is 15.4 Å². The summed E-state index contributed by atoms with van der Waals surface area (Å²) in [5.41, 5.74) is 2.55. The summed E-state index contributed by atoms with van der Waals surface area (Å²) in [6, 6.07) is 12.7. The van der Waals surface area contributed by atoms with E-state index in [9.17, 15) is 4.79 Å². The number of anilines is 2. The molecule has 0 aliphatic carbocycles. The van der Waals surface area contributed by atoms with E-state index in [1.165, 1.54) is 0 Å². The van der Waals surface area contributed by atoms with Crippen LogP contribution in [0.3, 0.4) is 0 Å². The van der Waals surface area contributed by atoms with Gasteiger partial charge in [-0.1, -0.05) is 18.2 Å². The van der Waals surface area contributed by atoms with Crippen LogP contribution in [0.25, 0.3) is 0 Å². The fraction of sp³-hybridized carbons (Fsp3) is 0.158. The van der Waals surface area contributed by atoms with Gasteiger partial charge in [-0.3, -0.25) is 9.78 Å². The van der Waals surface area contributed by atoms with Crippen molar-refractivity contribution in [2.24, 2.45) is 0 Å². The van der Waals surface area contributed by atoms with Crippen LogP contribution in [0, 0.1) is 6.92 Å². The Bertz CT molecular complexity index is 899. The van der Waals surface area contributed by atoms with Gasteiger partial charge in [0.05, 0.1) is 12.8 Å². The molecule has 2 aromatic heterocycles. The van der Waals surface area contributed by atoms with E-state index in [0.717, 1.165) is 5.56 Å². The zero-order valence-electron chi connectivity index (χ0n) is 14.6. The van der Waals surface area contributed by atoms with Crippen LogP contribution in [-0.2, 0) is 6.54 Å². The molecule has 26 heavy (non-hydrogen) atoms. The van der Waals surface area contributed by atoms with Gasteiger partial charge in [0.15, 0.2) is 0 Å². The van der Waals surface area contributed by atoms with Crippen LogP contribution in [0.2, 0.25) is 0 Å². The van der Waals surface area contributed by atoms with Crippen molar-refractivity contribution in [3.63, 3.8) is 0 Å². The molecular formula is C19H19N5O2. The summed E-state index contributed by atoms with van der Waals surface area (Å²) in [5, 5.41) is 5.93. The minimum absolute atomic E-state index is 0.275. The number of aryl methyl sites for hydroxylation is 1. The molecule has 0 saturated heterocycles. The van der Waals surface area contributed by atoms with Gasteiger partial charge in [-0.05, 0) is 36.8 Å². The number of carbonyl (C=O) groups excluding carboxylic acids is 1. The topological polar surface area (TPSA) is 89.0 Å². The first kappa shape index (κ1) is 17.3. The van der Waals surface area contributed by atoms with Crippen molar-refractivity contribution in [2.75, 3.05) is 17.7 Å². The van der Waals surface area contributed by atoms with E-state index in [0.29, 0.717) is 29.6 Å². The van der Waals surface area contributed by atoms with Gasteiger partial charge in [0, 0.05) is 24.6 Å².